The third-order valence-corrected chi connectivity index (χ3v) is 4.91. The van der Waals surface area contributed by atoms with Gasteiger partial charge in [-0.15, -0.1) is 0 Å². The van der Waals surface area contributed by atoms with Crippen LogP contribution in [0.15, 0.2) is 39.0 Å². The predicted octanol–water partition coefficient (Wildman–Crippen LogP) is 1.30. The normalized spacial score (nSPS) is 11.1. The van der Waals surface area contributed by atoms with Crippen molar-refractivity contribution in [1.82, 2.24) is 19.1 Å². The van der Waals surface area contributed by atoms with Crippen molar-refractivity contribution in [3.63, 3.8) is 0 Å². The maximum atomic E-state index is 12.3. The average Bonchev–Trinajstić information content (AvgIpc) is 2.92. The van der Waals surface area contributed by atoms with Crippen molar-refractivity contribution in [2.24, 2.45) is 7.05 Å². The van der Waals surface area contributed by atoms with E-state index in [-0.39, 0.29) is 23.5 Å². The number of rotatable bonds is 5. The van der Waals surface area contributed by atoms with E-state index in [0.717, 1.165) is 17.3 Å². The number of thioether (sulfide) groups is 1. The first-order valence-corrected chi connectivity index (χ1v) is 8.52. The third-order valence-electron chi connectivity index (χ3n) is 3.58. The van der Waals surface area contributed by atoms with Crippen molar-refractivity contribution in [3.8, 4) is 0 Å². The highest BCUT2D eigenvalue weighted by Gasteiger charge is 2.19. The predicted molar refractivity (Wildman–Crippen MR) is 94.5 cm³/mol. The lowest BCUT2D eigenvalue weighted by molar-refractivity contribution is -0.133. The van der Waals surface area contributed by atoms with Gasteiger partial charge in [-0.1, -0.05) is 41.6 Å². The quantitative estimate of drug-likeness (QED) is 0.645. The van der Waals surface area contributed by atoms with Gasteiger partial charge in [-0.05, 0) is 11.6 Å². The zero-order valence-electron chi connectivity index (χ0n) is 13.0. The Balaban J connectivity index is 2.22. The number of halogens is 1. The molecule has 25 heavy (non-hydrogen) atoms. The molecule has 2 N–H and O–H groups in total. The number of aliphatic carboxylic acids is 1. The van der Waals surface area contributed by atoms with E-state index in [1.807, 2.05) is 6.07 Å². The fraction of sp³-hybridized carbons (Fsp3) is 0.200. The monoisotopic (exact) mass is 380 g/mol. The molecule has 0 amide bonds. The van der Waals surface area contributed by atoms with Crippen LogP contribution in [0.3, 0.4) is 0 Å². The molecular formula is C15H13ClN4O4S. The van der Waals surface area contributed by atoms with Crippen LogP contribution in [0.4, 0.5) is 0 Å². The van der Waals surface area contributed by atoms with Crippen molar-refractivity contribution in [2.45, 2.75) is 11.7 Å². The summed E-state index contributed by atoms with van der Waals surface area (Å²) in [4.78, 5) is 41.5. The summed E-state index contributed by atoms with van der Waals surface area (Å²) in [6, 6.07) is 7.12. The van der Waals surface area contributed by atoms with Crippen molar-refractivity contribution < 1.29 is 9.90 Å². The van der Waals surface area contributed by atoms with Gasteiger partial charge in [-0.25, -0.2) is 9.78 Å². The first-order valence-electron chi connectivity index (χ1n) is 7.16. The smallest absolute Gasteiger partial charge is 0.329 e. The average molecular weight is 381 g/mol. The van der Waals surface area contributed by atoms with Crippen molar-refractivity contribution in [1.29, 1.82) is 0 Å². The van der Waals surface area contributed by atoms with Crippen LogP contribution < -0.4 is 11.2 Å². The Labute approximate surface area is 150 Å². The van der Waals surface area contributed by atoms with Gasteiger partial charge < -0.3 is 9.67 Å². The minimum absolute atomic E-state index is 0.189. The second-order valence-corrected chi connectivity index (χ2v) is 6.59. The van der Waals surface area contributed by atoms with Gasteiger partial charge in [0.25, 0.3) is 5.56 Å². The lowest BCUT2D eigenvalue weighted by Crippen LogP contribution is -2.29. The second-order valence-electron chi connectivity index (χ2n) is 5.24. The lowest BCUT2D eigenvalue weighted by Gasteiger charge is -2.09. The molecule has 0 unspecified atom stereocenters. The number of carboxylic acid groups (broad SMARTS) is 1. The Hall–Kier alpha value is -2.52. The summed E-state index contributed by atoms with van der Waals surface area (Å²) in [5.41, 5.74) is -0.0491. The fourth-order valence-corrected chi connectivity index (χ4v) is 3.31. The minimum atomic E-state index is -1.01. The van der Waals surface area contributed by atoms with Crippen LogP contribution in [0.25, 0.3) is 11.2 Å². The molecule has 1 aromatic carbocycles. The maximum absolute atomic E-state index is 12.3. The summed E-state index contributed by atoms with van der Waals surface area (Å²) in [7, 11) is 1.49. The molecule has 0 aliphatic heterocycles. The van der Waals surface area contributed by atoms with Crippen molar-refractivity contribution in [3.05, 3.63) is 55.7 Å². The number of aromatic amines is 1. The number of H-pyrrole nitrogens is 1. The van der Waals surface area contributed by atoms with E-state index in [4.69, 9.17) is 16.7 Å². The number of aromatic nitrogens is 4. The molecular weight excluding hydrogens is 368 g/mol. The molecule has 3 rings (SSSR count). The van der Waals surface area contributed by atoms with Crippen molar-refractivity contribution >= 4 is 40.5 Å². The Bertz CT molecular complexity index is 1090. The highest BCUT2D eigenvalue weighted by Crippen LogP contribution is 2.24. The zero-order chi connectivity index (χ0) is 18.1. The molecule has 3 aromatic rings. The number of carbonyl (C=O) groups is 1. The molecule has 0 saturated carbocycles. The largest absolute Gasteiger partial charge is 0.481 e. The summed E-state index contributed by atoms with van der Waals surface area (Å²) in [5, 5.41) is 9.76. The number of aryl methyl sites for hydroxylation is 1. The molecule has 0 atom stereocenters. The topological polar surface area (TPSA) is 110 Å². The maximum Gasteiger partial charge on any atom is 0.329 e. The molecule has 0 saturated heterocycles. The summed E-state index contributed by atoms with van der Waals surface area (Å²) in [5.74, 6) is -1.23. The van der Waals surface area contributed by atoms with Crippen LogP contribution in [-0.4, -0.2) is 35.9 Å². The molecule has 10 heteroatoms. The number of nitrogens with zero attached hydrogens (tertiary/aromatic N) is 3. The van der Waals surface area contributed by atoms with Crippen LogP contribution in [0.5, 0.6) is 0 Å². The summed E-state index contributed by atoms with van der Waals surface area (Å²) in [6.07, 6.45) is 0. The number of carboxylic acids is 1. The van der Waals surface area contributed by atoms with E-state index in [1.165, 1.54) is 11.6 Å². The first-order chi connectivity index (χ1) is 11.9. The van der Waals surface area contributed by atoms with Crippen LogP contribution in [0.2, 0.25) is 5.02 Å². The van der Waals surface area contributed by atoms with Gasteiger partial charge in [0.15, 0.2) is 16.3 Å². The van der Waals surface area contributed by atoms with Crippen LogP contribution >= 0.6 is 23.4 Å². The van der Waals surface area contributed by atoms with E-state index in [0.29, 0.717) is 10.2 Å². The van der Waals surface area contributed by atoms with E-state index in [2.05, 4.69) is 9.97 Å². The lowest BCUT2D eigenvalue weighted by atomic mass is 10.2. The van der Waals surface area contributed by atoms with E-state index in [9.17, 15) is 14.4 Å². The van der Waals surface area contributed by atoms with Crippen LogP contribution in [-0.2, 0) is 18.4 Å². The minimum Gasteiger partial charge on any atom is -0.481 e. The van der Waals surface area contributed by atoms with E-state index >= 15 is 0 Å². The van der Waals surface area contributed by atoms with Gasteiger partial charge >= 0.3 is 11.7 Å². The summed E-state index contributed by atoms with van der Waals surface area (Å²) >= 11 is 7.16. The number of benzene rings is 1. The molecule has 0 aliphatic rings. The fourth-order valence-electron chi connectivity index (χ4n) is 2.39. The van der Waals surface area contributed by atoms with Gasteiger partial charge in [-0.2, -0.15) is 0 Å². The zero-order valence-corrected chi connectivity index (χ0v) is 14.6. The Morgan fingerprint density at radius 3 is 2.76 bits per heavy atom. The standard InChI is InChI=1S/C15H13ClN4O4S/c1-19-12-11(13(23)18-14(19)24)20(15(17-12)25-7-10(21)22)6-8-4-2-3-5-9(8)16/h2-5H,6-7H2,1H3,(H,21,22)(H,18,23,24). The molecule has 0 radical (unpaired) electrons. The molecule has 0 fully saturated rings. The van der Waals surface area contributed by atoms with Gasteiger partial charge in [0, 0.05) is 12.1 Å². The number of hydrogen-bond acceptors (Lipinski definition) is 5. The molecule has 8 nitrogen and oxygen atoms in total. The number of fused-ring (bicyclic) bond motifs is 1. The van der Waals surface area contributed by atoms with Crippen LogP contribution in [0.1, 0.15) is 5.56 Å². The van der Waals surface area contributed by atoms with E-state index < -0.39 is 17.2 Å². The first kappa shape index (κ1) is 17.3. The highest BCUT2D eigenvalue weighted by molar-refractivity contribution is 7.99. The Morgan fingerprint density at radius 2 is 2.08 bits per heavy atom. The number of nitrogens with one attached hydrogen (secondary N) is 1. The molecule has 2 heterocycles. The van der Waals surface area contributed by atoms with Gasteiger partial charge in [0.2, 0.25) is 0 Å². The molecule has 0 spiro atoms. The molecule has 130 valence electrons. The summed E-state index contributed by atoms with van der Waals surface area (Å²) < 4.78 is 2.78. The Kier molecular flexibility index (Phi) is 4.69. The third kappa shape index (κ3) is 3.33. The van der Waals surface area contributed by atoms with Gasteiger partial charge in [0.05, 0.1) is 12.3 Å². The summed E-state index contributed by atoms with van der Waals surface area (Å²) in [6.45, 7) is 0.222. The van der Waals surface area contributed by atoms with E-state index in [1.54, 1.807) is 22.8 Å². The second kappa shape index (κ2) is 6.77. The molecule has 0 aliphatic carbocycles. The molecule has 0 bridgehead atoms. The van der Waals surface area contributed by atoms with Gasteiger partial charge in [-0.3, -0.25) is 19.1 Å². The van der Waals surface area contributed by atoms with Gasteiger partial charge in [0.1, 0.15) is 0 Å². The highest BCUT2D eigenvalue weighted by atomic mass is 35.5. The van der Waals surface area contributed by atoms with Crippen molar-refractivity contribution in [2.75, 3.05) is 5.75 Å². The SMILES string of the molecule is Cn1c(=O)[nH]c(=O)c2c1nc(SCC(=O)O)n2Cc1ccccc1Cl. The number of imidazole rings is 1. The number of hydrogen-bond donors (Lipinski definition) is 2. The Morgan fingerprint density at radius 1 is 1.36 bits per heavy atom. The molecule has 2 aromatic heterocycles. The van der Waals surface area contributed by atoms with Crippen LogP contribution in [0, 0.1) is 0 Å².